The molecule has 0 saturated heterocycles. The van der Waals surface area contributed by atoms with E-state index in [4.69, 9.17) is 9.15 Å². The lowest BCUT2D eigenvalue weighted by molar-refractivity contribution is -0.132. The van der Waals surface area contributed by atoms with Crippen LogP contribution >= 0.6 is 0 Å². The van der Waals surface area contributed by atoms with Gasteiger partial charge in [0.1, 0.15) is 29.1 Å². The number of aliphatic hydroxyl groups is 1. The summed E-state index contributed by atoms with van der Waals surface area (Å²) in [7, 11) is 0. The average Bonchev–Trinajstić information content (AvgIpc) is 3.10. The van der Waals surface area contributed by atoms with E-state index in [0.29, 0.717) is 11.0 Å². The summed E-state index contributed by atoms with van der Waals surface area (Å²) in [5.41, 5.74) is 1.31. The molecule has 0 radical (unpaired) electrons. The van der Waals surface area contributed by atoms with Crippen LogP contribution in [0.2, 0.25) is 0 Å². The van der Waals surface area contributed by atoms with E-state index in [1.165, 1.54) is 0 Å². The Hall–Kier alpha value is -2.60. The van der Waals surface area contributed by atoms with Gasteiger partial charge in [0.25, 0.3) is 0 Å². The van der Waals surface area contributed by atoms with Crippen LogP contribution < -0.4 is 5.63 Å². The summed E-state index contributed by atoms with van der Waals surface area (Å²) in [6.07, 6.45) is -0.209. The maximum atomic E-state index is 13.0. The van der Waals surface area contributed by atoms with E-state index >= 15 is 0 Å². The van der Waals surface area contributed by atoms with Gasteiger partial charge in [-0.1, -0.05) is 32.9 Å². The number of aliphatic hydroxyl groups excluding tert-OH is 1. The highest BCUT2D eigenvalue weighted by Crippen LogP contribution is 2.54. The van der Waals surface area contributed by atoms with E-state index < -0.39 is 23.6 Å². The molecule has 1 aliphatic heterocycles. The molecular formula is C25H30O6. The lowest BCUT2D eigenvalue weighted by Crippen LogP contribution is -2.37. The van der Waals surface area contributed by atoms with Crippen molar-refractivity contribution >= 4 is 16.8 Å². The molecule has 5 unspecified atom stereocenters. The molecule has 1 saturated carbocycles. The van der Waals surface area contributed by atoms with Crippen LogP contribution in [0.5, 0.6) is 5.75 Å². The van der Waals surface area contributed by atoms with Gasteiger partial charge < -0.3 is 19.4 Å². The van der Waals surface area contributed by atoms with Gasteiger partial charge in [-0.3, -0.25) is 4.79 Å². The smallest absolute Gasteiger partial charge is 0.347 e. The number of ether oxygens (including phenoxy) is 1. The molecule has 1 fully saturated rings. The molecule has 4 rings (SSSR count). The monoisotopic (exact) mass is 426 g/mol. The molecule has 2 aliphatic rings. The van der Waals surface area contributed by atoms with E-state index in [1.807, 2.05) is 19.9 Å². The van der Waals surface area contributed by atoms with Gasteiger partial charge in [0.05, 0.1) is 5.39 Å². The van der Waals surface area contributed by atoms with Gasteiger partial charge in [-0.15, -0.1) is 0 Å². The number of aryl methyl sites for hydroxylation is 1. The zero-order valence-corrected chi connectivity index (χ0v) is 18.6. The third kappa shape index (κ3) is 3.37. The summed E-state index contributed by atoms with van der Waals surface area (Å²) in [5, 5.41) is 22.1. The fraction of sp³-hybridized carbons (Fsp3) is 0.520. The Morgan fingerprint density at radius 2 is 1.90 bits per heavy atom. The number of rotatable bonds is 4. The third-order valence-electron chi connectivity index (χ3n) is 7.12. The van der Waals surface area contributed by atoms with Crippen LogP contribution in [0.3, 0.4) is 0 Å². The van der Waals surface area contributed by atoms with Gasteiger partial charge in [-0.2, -0.15) is 0 Å². The summed E-state index contributed by atoms with van der Waals surface area (Å²) in [6, 6.07) is 5.25. The number of carbonyl (C=O) groups is 1. The molecule has 0 bridgehead atoms. The molecule has 6 heteroatoms. The van der Waals surface area contributed by atoms with Crippen molar-refractivity contribution in [2.24, 2.45) is 23.7 Å². The molecule has 0 spiro atoms. The molecule has 2 aromatic rings. The Morgan fingerprint density at radius 1 is 1.19 bits per heavy atom. The van der Waals surface area contributed by atoms with Gasteiger partial charge in [0.2, 0.25) is 5.78 Å². The minimum Gasteiger partial charge on any atom is -0.506 e. The van der Waals surface area contributed by atoms with Crippen molar-refractivity contribution in [3.05, 3.63) is 51.1 Å². The second-order valence-corrected chi connectivity index (χ2v) is 9.44. The Labute approximate surface area is 181 Å². The van der Waals surface area contributed by atoms with E-state index in [-0.39, 0.29) is 40.7 Å². The Kier molecular flexibility index (Phi) is 5.46. The van der Waals surface area contributed by atoms with Crippen molar-refractivity contribution in [1.82, 2.24) is 0 Å². The maximum absolute atomic E-state index is 13.0. The Bertz CT molecular complexity index is 1120. The SMILES string of the molecule is CC1=C(C(=O)C(O)C(C)C)OC(c2c(O)c3c(C)cccc3oc2=O)C2C(C)CCC12. The zero-order chi connectivity index (χ0) is 22.6. The first kappa shape index (κ1) is 21.6. The van der Waals surface area contributed by atoms with E-state index in [1.54, 1.807) is 26.0 Å². The summed E-state index contributed by atoms with van der Waals surface area (Å²) < 4.78 is 11.8. The highest BCUT2D eigenvalue weighted by molar-refractivity contribution is 5.98. The van der Waals surface area contributed by atoms with Crippen LogP contribution in [0.15, 0.2) is 38.7 Å². The van der Waals surface area contributed by atoms with Gasteiger partial charge in [0, 0.05) is 5.92 Å². The molecule has 2 N–H and O–H groups in total. The lowest BCUT2D eigenvalue weighted by Gasteiger charge is -2.38. The first-order chi connectivity index (χ1) is 14.6. The van der Waals surface area contributed by atoms with Crippen molar-refractivity contribution in [3.8, 4) is 5.75 Å². The normalized spacial score (nSPS) is 26.8. The fourth-order valence-corrected chi connectivity index (χ4v) is 5.31. The predicted molar refractivity (Wildman–Crippen MR) is 117 cm³/mol. The first-order valence-corrected chi connectivity index (χ1v) is 11.0. The third-order valence-corrected chi connectivity index (χ3v) is 7.12. The first-order valence-electron chi connectivity index (χ1n) is 11.0. The van der Waals surface area contributed by atoms with Crippen molar-refractivity contribution in [2.45, 2.75) is 59.7 Å². The van der Waals surface area contributed by atoms with E-state index in [2.05, 4.69) is 6.92 Å². The van der Waals surface area contributed by atoms with Crippen LogP contribution in [-0.4, -0.2) is 22.1 Å². The van der Waals surface area contributed by atoms with Gasteiger partial charge >= 0.3 is 5.63 Å². The molecule has 6 nitrogen and oxygen atoms in total. The van der Waals surface area contributed by atoms with E-state index in [9.17, 15) is 19.8 Å². The Balaban J connectivity index is 1.90. The zero-order valence-electron chi connectivity index (χ0n) is 18.6. The Morgan fingerprint density at radius 3 is 2.58 bits per heavy atom. The molecule has 1 aromatic heterocycles. The minimum absolute atomic E-state index is 0.0402. The van der Waals surface area contributed by atoms with Crippen LogP contribution in [0.25, 0.3) is 11.0 Å². The minimum atomic E-state index is -1.19. The summed E-state index contributed by atoms with van der Waals surface area (Å²) in [6.45, 7) is 9.36. The second-order valence-electron chi connectivity index (χ2n) is 9.44. The highest BCUT2D eigenvalue weighted by Gasteiger charge is 2.49. The van der Waals surface area contributed by atoms with Crippen LogP contribution in [0, 0.1) is 30.6 Å². The van der Waals surface area contributed by atoms with Crippen molar-refractivity contribution in [1.29, 1.82) is 0 Å². The van der Waals surface area contributed by atoms with Crippen molar-refractivity contribution in [3.63, 3.8) is 0 Å². The number of carbonyl (C=O) groups excluding carboxylic acids is 1. The van der Waals surface area contributed by atoms with Gasteiger partial charge in [-0.25, -0.2) is 4.79 Å². The lowest BCUT2D eigenvalue weighted by atomic mass is 9.76. The average molecular weight is 427 g/mol. The largest absolute Gasteiger partial charge is 0.506 e. The summed E-state index contributed by atoms with van der Waals surface area (Å²) >= 11 is 0. The number of benzene rings is 1. The number of Topliss-reactive ketones (excluding diaryl/α,β-unsaturated/α-hetero) is 1. The van der Waals surface area contributed by atoms with Crippen LogP contribution in [0.4, 0.5) is 0 Å². The topological polar surface area (TPSA) is 97.0 Å². The molecule has 1 aliphatic carbocycles. The second kappa shape index (κ2) is 7.83. The standard InChI is InChI=1S/C25H30O6/c1-11(2)20(26)22(28)23-14(5)15-10-9-13(4)17(15)24(31-23)19-21(27)18-12(3)7-6-8-16(18)30-25(19)29/h6-8,11,13,15,17,20,24,26-27H,9-10H2,1-5H3. The summed E-state index contributed by atoms with van der Waals surface area (Å²) in [4.78, 5) is 26.0. The number of allylic oxidation sites excluding steroid dienone is 1. The van der Waals surface area contributed by atoms with E-state index in [0.717, 1.165) is 24.0 Å². The predicted octanol–water partition coefficient (Wildman–Crippen LogP) is 4.40. The van der Waals surface area contributed by atoms with Crippen molar-refractivity contribution in [2.75, 3.05) is 0 Å². The quantitative estimate of drug-likeness (QED) is 0.704. The van der Waals surface area contributed by atoms with Gasteiger partial charge in [-0.05, 0) is 61.6 Å². The highest BCUT2D eigenvalue weighted by atomic mass is 16.5. The maximum Gasteiger partial charge on any atom is 0.347 e. The number of fused-ring (bicyclic) bond motifs is 2. The number of hydrogen-bond acceptors (Lipinski definition) is 6. The van der Waals surface area contributed by atoms with Crippen LogP contribution in [0.1, 0.15) is 57.8 Å². The molecule has 0 amide bonds. The summed E-state index contributed by atoms with van der Waals surface area (Å²) in [5.74, 6) is -0.564. The number of ketones is 1. The van der Waals surface area contributed by atoms with Crippen LogP contribution in [-0.2, 0) is 9.53 Å². The molecular weight excluding hydrogens is 396 g/mol. The fourth-order valence-electron chi connectivity index (χ4n) is 5.31. The number of aromatic hydroxyl groups is 1. The molecule has 1 aromatic carbocycles. The molecule has 2 heterocycles. The molecule has 5 atom stereocenters. The number of hydrogen-bond donors (Lipinski definition) is 2. The van der Waals surface area contributed by atoms with Gasteiger partial charge in [0.15, 0.2) is 5.76 Å². The molecule has 166 valence electrons. The van der Waals surface area contributed by atoms with Crippen molar-refractivity contribution < 1.29 is 24.2 Å². The molecule has 31 heavy (non-hydrogen) atoms.